The highest BCUT2D eigenvalue weighted by molar-refractivity contribution is 5.88. The lowest BCUT2D eigenvalue weighted by molar-refractivity contribution is 0.572. The van der Waals surface area contributed by atoms with Crippen molar-refractivity contribution in [2.24, 2.45) is 0 Å². The molecule has 8 nitrogen and oxygen atoms in total. The van der Waals surface area contributed by atoms with E-state index in [-0.39, 0.29) is 5.41 Å². The smallest absolute Gasteiger partial charge is 0.153 e. The van der Waals surface area contributed by atoms with Crippen LogP contribution in [0.4, 0.5) is 11.6 Å². The SMILES string of the molecule is Cc1nc(N2CCN(c3ccc4nc(C(C)(C)C)cn4n3)CC2)c2ccncc2n1. The number of pyridine rings is 1. The Kier molecular flexibility index (Phi) is 4.30. The van der Waals surface area contributed by atoms with Crippen molar-refractivity contribution in [1.29, 1.82) is 0 Å². The van der Waals surface area contributed by atoms with Crippen LogP contribution in [0.5, 0.6) is 0 Å². The first kappa shape index (κ1) is 18.7. The van der Waals surface area contributed by atoms with Crippen molar-refractivity contribution >= 4 is 28.2 Å². The molecule has 4 aromatic heterocycles. The van der Waals surface area contributed by atoms with Crippen LogP contribution in [-0.2, 0) is 5.41 Å². The van der Waals surface area contributed by atoms with Gasteiger partial charge in [-0.25, -0.2) is 19.5 Å². The minimum absolute atomic E-state index is 0.00740. The minimum atomic E-state index is 0.00740. The average Bonchev–Trinajstić information content (AvgIpc) is 3.17. The Balaban J connectivity index is 1.37. The lowest BCUT2D eigenvalue weighted by Crippen LogP contribution is -2.47. The third kappa shape index (κ3) is 3.32. The number of aromatic nitrogens is 6. The number of hydrogen-bond acceptors (Lipinski definition) is 7. The fourth-order valence-electron chi connectivity index (χ4n) is 3.87. The van der Waals surface area contributed by atoms with E-state index in [1.54, 1.807) is 12.4 Å². The van der Waals surface area contributed by atoms with Crippen LogP contribution >= 0.6 is 0 Å². The predicted octanol–water partition coefficient (Wildman–Crippen LogP) is 3.00. The largest absolute Gasteiger partial charge is 0.352 e. The van der Waals surface area contributed by atoms with Crippen LogP contribution in [0.1, 0.15) is 32.3 Å². The van der Waals surface area contributed by atoms with E-state index in [1.807, 2.05) is 23.7 Å². The number of rotatable bonds is 2. The summed E-state index contributed by atoms with van der Waals surface area (Å²) in [4.78, 5) is 22.8. The van der Waals surface area contributed by atoms with Crippen molar-refractivity contribution in [1.82, 2.24) is 29.5 Å². The summed E-state index contributed by atoms with van der Waals surface area (Å²) in [5, 5.41) is 5.88. The maximum Gasteiger partial charge on any atom is 0.153 e. The zero-order chi connectivity index (χ0) is 20.9. The molecule has 0 saturated carbocycles. The van der Waals surface area contributed by atoms with E-state index in [1.165, 1.54) is 0 Å². The van der Waals surface area contributed by atoms with E-state index >= 15 is 0 Å². The molecule has 0 atom stereocenters. The van der Waals surface area contributed by atoms with Crippen molar-refractivity contribution in [3.8, 4) is 0 Å². The lowest BCUT2D eigenvalue weighted by Gasteiger charge is -2.36. The first-order valence-electron chi connectivity index (χ1n) is 10.3. The zero-order valence-corrected chi connectivity index (χ0v) is 17.9. The highest BCUT2D eigenvalue weighted by Gasteiger charge is 2.23. The fourth-order valence-corrected chi connectivity index (χ4v) is 3.87. The van der Waals surface area contributed by atoms with Crippen LogP contribution in [0, 0.1) is 6.92 Å². The molecule has 8 heteroatoms. The van der Waals surface area contributed by atoms with Crippen LogP contribution in [0.3, 0.4) is 0 Å². The molecule has 1 aliphatic heterocycles. The van der Waals surface area contributed by atoms with Crippen LogP contribution < -0.4 is 9.80 Å². The monoisotopic (exact) mass is 402 g/mol. The first-order chi connectivity index (χ1) is 14.4. The number of piperazine rings is 1. The number of fused-ring (bicyclic) bond motifs is 2. The summed E-state index contributed by atoms with van der Waals surface area (Å²) in [6.07, 6.45) is 5.65. The van der Waals surface area contributed by atoms with E-state index in [4.69, 9.17) is 15.1 Å². The Hall–Kier alpha value is -3.29. The number of imidazole rings is 1. The molecule has 0 aliphatic carbocycles. The summed E-state index contributed by atoms with van der Waals surface area (Å²) in [6.45, 7) is 12.0. The Morgan fingerprint density at radius 3 is 2.43 bits per heavy atom. The Morgan fingerprint density at radius 1 is 0.900 bits per heavy atom. The second-order valence-electron chi connectivity index (χ2n) is 8.83. The van der Waals surface area contributed by atoms with Crippen molar-refractivity contribution < 1.29 is 0 Å². The van der Waals surface area contributed by atoms with Gasteiger partial charge in [-0.3, -0.25) is 4.98 Å². The van der Waals surface area contributed by atoms with Gasteiger partial charge in [0.05, 0.1) is 23.6 Å². The number of hydrogen-bond donors (Lipinski definition) is 0. The second kappa shape index (κ2) is 6.90. The molecule has 0 aromatic carbocycles. The number of nitrogens with zero attached hydrogens (tertiary/aromatic N) is 8. The number of anilines is 2. The van der Waals surface area contributed by atoms with E-state index in [0.29, 0.717) is 0 Å². The van der Waals surface area contributed by atoms with Gasteiger partial charge in [-0.15, -0.1) is 5.10 Å². The quantitative estimate of drug-likeness (QED) is 0.510. The van der Waals surface area contributed by atoms with Crippen LogP contribution in [0.15, 0.2) is 36.8 Å². The molecule has 0 unspecified atom stereocenters. The molecule has 4 aromatic rings. The van der Waals surface area contributed by atoms with E-state index in [0.717, 1.165) is 65.9 Å². The molecule has 0 amide bonds. The molecule has 0 bridgehead atoms. The van der Waals surface area contributed by atoms with E-state index in [9.17, 15) is 0 Å². The minimum Gasteiger partial charge on any atom is -0.352 e. The maximum atomic E-state index is 4.82. The summed E-state index contributed by atoms with van der Waals surface area (Å²) in [6, 6.07) is 6.12. The summed E-state index contributed by atoms with van der Waals surface area (Å²) >= 11 is 0. The summed E-state index contributed by atoms with van der Waals surface area (Å²) in [5.41, 5.74) is 2.84. The highest BCUT2D eigenvalue weighted by atomic mass is 15.4. The van der Waals surface area contributed by atoms with E-state index in [2.05, 4.69) is 52.7 Å². The van der Waals surface area contributed by atoms with Crippen LogP contribution in [0.25, 0.3) is 16.6 Å². The van der Waals surface area contributed by atoms with Gasteiger partial charge < -0.3 is 9.80 Å². The van der Waals surface area contributed by atoms with Crippen molar-refractivity contribution in [3.63, 3.8) is 0 Å². The molecule has 1 fully saturated rings. The lowest BCUT2D eigenvalue weighted by atomic mass is 9.93. The van der Waals surface area contributed by atoms with Gasteiger partial charge in [-0.05, 0) is 25.1 Å². The molecule has 1 saturated heterocycles. The predicted molar refractivity (Wildman–Crippen MR) is 118 cm³/mol. The molecule has 0 N–H and O–H groups in total. The molecule has 0 radical (unpaired) electrons. The average molecular weight is 403 g/mol. The molecule has 0 spiro atoms. The highest BCUT2D eigenvalue weighted by Crippen LogP contribution is 2.26. The Labute approximate surface area is 175 Å². The topological polar surface area (TPSA) is 75.3 Å². The normalized spacial score (nSPS) is 15.3. The number of aryl methyl sites for hydroxylation is 1. The molecule has 30 heavy (non-hydrogen) atoms. The van der Waals surface area contributed by atoms with Gasteiger partial charge in [0.1, 0.15) is 17.5 Å². The summed E-state index contributed by atoms with van der Waals surface area (Å²) in [7, 11) is 0. The van der Waals surface area contributed by atoms with Gasteiger partial charge in [0.15, 0.2) is 5.65 Å². The van der Waals surface area contributed by atoms with E-state index < -0.39 is 0 Å². The molecule has 154 valence electrons. The fraction of sp³-hybridized carbons (Fsp3) is 0.409. The van der Waals surface area contributed by atoms with Gasteiger partial charge in [-0.2, -0.15) is 0 Å². The van der Waals surface area contributed by atoms with Crippen LogP contribution in [-0.4, -0.2) is 55.7 Å². The Bertz CT molecular complexity index is 1210. The molecule has 1 aliphatic rings. The second-order valence-corrected chi connectivity index (χ2v) is 8.83. The van der Waals surface area contributed by atoms with Crippen molar-refractivity contribution in [2.45, 2.75) is 33.1 Å². The summed E-state index contributed by atoms with van der Waals surface area (Å²) < 4.78 is 1.90. The third-order valence-corrected chi connectivity index (χ3v) is 5.57. The standard InChI is InChI=1S/C22H26N8/c1-15-24-17-13-23-8-7-16(17)21(25-15)29-11-9-28(10-12-29)20-6-5-19-26-18(22(2,3)4)14-30(19)27-20/h5-8,13-14H,9-12H2,1-4H3. The van der Waals surface area contributed by atoms with Gasteiger partial charge in [0, 0.05) is 43.2 Å². The van der Waals surface area contributed by atoms with Gasteiger partial charge >= 0.3 is 0 Å². The van der Waals surface area contributed by atoms with Crippen LogP contribution in [0.2, 0.25) is 0 Å². The molecular formula is C22H26N8. The third-order valence-electron chi connectivity index (χ3n) is 5.57. The first-order valence-corrected chi connectivity index (χ1v) is 10.3. The Morgan fingerprint density at radius 2 is 1.67 bits per heavy atom. The zero-order valence-electron chi connectivity index (χ0n) is 17.9. The molecule has 5 rings (SSSR count). The van der Waals surface area contributed by atoms with Crippen molar-refractivity contribution in [2.75, 3.05) is 36.0 Å². The summed E-state index contributed by atoms with van der Waals surface area (Å²) in [5.74, 6) is 2.75. The maximum absolute atomic E-state index is 4.82. The van der Waals surface area contributed by atoms with Gasteiger partial charge in [-0.1, -0.05) is 20.8 Å². The molecular weight excluding hydrogens is 376 g/mol. The van der Waals surface area contributed by atoms with Crippen molar-refractivity contribution in [3.05, 3.63) is 48.3 Å². The van der Waals surface area contributed by atoms with Gasteiger partial charge in [0.25, 0.3) is 0 Å². The molecule has 5 heterocycles. The van der Waals surface area contributed by atoms with Gasteiger partial charge in [0.2, 0.25) is 0 Å².